The third kappa shape index (κ3) is 7.35. The number of aliphatic hydroxyl groups is 1. The Kier molecular flexibility index (Phi) is 8.88. The van der Waals surface area contributed by atoms with Crippen molar-refractivity contribution in [2.24, 2.45) is 5.92 Å². The molecule has 160 valence electrons. The van der Waals surface area contributed by atoms with Crippen LogP contribution in [0.15, 0.2) is 24.3 Å². The molecule has 1 aliphatic rings. The molecule has 1 aromatic carbocycles. The number of ether oxygens (including phenoxy) is 2. The van der Waals surface area contributed by atoms with Crippen molar-refractivity contribution in [1.82, 2.24) is 10.2 Å². The molecule has 0 spiro atoms. The molecule has 1 fully saturated rings. The number of phenols is 1. The zero-order valence-electron chi connectivity index (χ0n) is 16.5. The number of rotatable bonds is 9. The van der Waals surface area contributed by atoms with Crippen molar-refractivity contribution in [1.29, 1.82) is 0 Å². The molecule has 1 aliphatic heterocycles. The lowest BCUT2D eigenvalue weighted by Gasteiger charge is -2.36. The highest BCUT2D eigenvalue weighted by molar-refractivity contribution is 5.86. The first-order chi connectivity index (χ1) is 13.9. The molecule has 29 heavy (non-hydrogen) atoms. The standard InChI is InChI=1S/C20H28N2O7/c1-28-20(27)15-10-17(29-7-3-6-23)13-22(12-15)19(26)11-21-18(25)9-14-4-2-5-16(24)8-14/h2,4-5,8,15,17,23-24H,3,6-7,9-13H2,1H3,(H,21,25). The molecule has 1 heterocycles. The molecule has 1 aromatic rings. The summed E-state index contributed by atoms with van der Waals surface area (Å²) in [7, 11) is 1.30. The zero-order chi connectivity index (χ0) is 21.2. The van der Waals surface area contributed by atoms with Crippen molar-refractivity contribution in [3.8, 4) is 5.75 Å². The Bertz CT molecular complexity index is 710. The largest absolute Gasteiger partial charge is 0.508 e. The molecule has 9 heteroatoms. The third-order valence-electron chi connectivity index (χ3n) is 4.67. The second kappa shape index (κ2) is 11.4. The van der Waals surface area contributed by atoms with E-state index < -0.39 is 11.9 Å². The molecule has 2 unspecified atom stereocenters. The van der Waals surface area contributed by atoms with Gasteiger partial charge in [0.2, 0.25) is 11.8 Å². The minimum absolute atomic E-state index is 0.00101. The summed E-state index contributed by atoms with van der Waals surface area (Å²) >= 11 is 0. The van der Waals surface area contributed by atoms with Crippen LogP contribution in [0.1, 0.15) is 18.4 Å². The normalized spacial score (nSPS) is 18.9. The molecular formula is C20H28N2O7. The monoisotopic (exact) mass is 408 g/mol. The minimum atomic E-state index is -0.500. The van der Waals surface area contributed by atoms with E-state index in [0.717, 1.165) is 0 Å². The maximum atomic E-state index is 12.6. The minimum Gasteiger partial charge on any atom is -0.508 e. The summed E-state index contributed by atoms with van der Waals surface area (Å²) in [6.07, 6.45) is 0.607. The van der Waals surface area contributed by atoms with E-state index in [1.54, 1.807) is 12.1 Å². The number of hydrogen-bond donors (Lipinski definition) is 3. The highest BCUT2D eigenvalue weighted by Crippen LogP contribution is 2.21. The maximum absolute atomic E-state index is 12.6. The molecule has 0 aromatic heterocycles. The zero-order valence-corrected chi connectivity index (χ0v) is 16.5. The summed E-state index contributed by atoms with van der Waals surface area (Å²) in [5.41, 5.74) is 0.635. The number of methoxy groups -OCH3 is 1. The van der Waals surface area contributed by atoms with E-state index in [-0.39, 0.29) is 49.8 Å². The second-order valence-corrected chi connectivity index (χ2v) is 6.95. The number of nitrogens with one attached hydrogen (secondary N) is 1. The van der Waals surface area contributed by atoms with Gasteiger partial charge in [0.1, 0.15) is 5.75 Å². The number of esters is 1. The van der Waals surface area contributed by atoms with Crippen molar-refractivity contribution in [2.75, 3.05) is 40.0 Å². The van der Waals surface area contributed by atoms with Gasteiger partial charge in [-0.3, -0.25) is 14.4 Å². The summed E-state index contributed by atoms with van der Waals surface area (Å²) < 4.78 is 10.5. The van der Waals surface area contributed by atoms with Gasteiger partial charge in [0.05, 0.1) is 32.1 Å². The van der Waals surface area contributed by atoms with E-state index >= 15 is 0 Å². The highest BCUT2D eigenvalue weighted by atomic mass is 16.5. The van der Waals surface area contributed by atoms with Crippen LogP contribution in [0.3, 0.4) is 0 Å². The Hall–Kier alpha value is -2.65. The average Bonchev–Trinajstić information content (AvgIpc) is 2.71. The molecule has 2 amide bonds. The number of nitrogens with zero attached hydrogens (tertiary/aromatic N) is 1. The lowest BCUT2D eigenvalue weighted by Crippen LogP contribution is -2.52. The molecule has 1 saturated heterocycles. The number of piperidine rings is 1. The summed E-state index contributed by atoms with van der Waals surface area (Å²) in [5.74, 6) is -1.51. The molecule has 9 nitrogen and oxygen atoms in total. The van der Waals surface area contributed by atoms with Crippen LogP contribution in [0.5, 0.6) is 5.75 Å². The van der Waals surface area contributed by atoms with E-state index in [2.05, 4.69) is 5.32 Å². The number of phenolic OH excluding ortho intramolecular Hbond substituents is 1. The van der Waals surface area contributed by atoms with Gasteiger partial charge >= 0.3 is 5.97 Å². The van der Waals surface area contributed by atoms with Crippen LogP contribution in [0.25, 0.3) is 0 Å². The van der Waals surface area contributed by atoms with Crippen molar-refractivity contribution in [3.05, 3.63) is 29.8 Å². The van der Waals surface area contributed by atoms with Gasteiger partial charge in [-0.15, -0.1) is 0 Å². The van der Waals surface area contributed by atoms with Crippen LogP contribution in [0.4, 0.5) is 0 Å². The second-order valence-electron chi connectivity index (χ2n) is 6.95. The number of aromatic hydroxyl groups is 1. The Labute approximate surface area is 169 Å². The maximum Gasteiger partial charge on any atom is 0.310 e. The van der Waals surface area contributed by atoms with Gasteiger partial charge < -0.3 is 29.9 Å². The first kappa shape index (κ1) is 22.6. The highest BCUT2D eigenvalue weighted by Gasteiger charge is 2.34. The van der Waals surface area contributed by atoms with Gasteiger partial charge in [0, 0.05) is 26.3 Å². The smallest absolute Gasteiger partial charge is 0.310 e. The van der Waals surface area contributed by atoms with Crippen molar-refractivity contribution in [3.63, 3.8) is 0 Å². The molecule has 0 aliphatic carbocycles. The van der Waals surface area contributed by atoms with Gasteiger partial charge in [0.25, 0.3) is 0 Å². The molecule has 3 N–H and O–H groups in total. The van der Waals surface area contributed by atoms with Crippen LogP contribution in [0, 0.1) is 5.92 Å². The van der Waals surface area contributed by atoms with Crippen molar-refractivity contribution in [2.45, 2.75) is 25.4 Å². The third-order valence-corrected chi connectivity index (χ3v) is 4.67. The number of carbonyl (C=O) groups excluding carboxylic acids is 3. The summed E-state index contributed by atoms with van der Waals surface area (Å²) in [4.78, 5) is 38.1. The molecule has 0 bridgehead atoms. The number of likely N-dealkylation sites (tertiary alicyclic amines) is 1. The fraction of sp³-hybridized carbons (Fsp3) is 0.550. The van der Waals surface area contributed by atoms with Gasteiger partial charge in [0.15, 0.2) is 0 Å². The van der Waals surface area contributed by atoms with Gasteiger partial charge in [-0.2, -0.15) is 0 Å². The topological polar surface area (TPSA) is 125 Å². The summed E-state index contributed by atoms with van der Waals surface area (Å²) in [6.45, 7) is 0.641. The molecular weight excluding hydrogens is 380 g/mol. The summed E-state index contributed by atoms with van der Waals surface area (Å²) in [5, 5.41) is 20.9. The predicted molar refractivity (Wildman–Crippen MR) is 103 cm³/mol. The van der Waals surface area contributed by atoms with E-state index in [1.807, 2.05) is 0 Å². The lowest BCUT2D eigenvalue weighted by atomic mass is 9.95. The van der Waals surface area contributed by atoms with Gasteiger partial charge in [-0.1, -0.05) is 12.1 Å². The van der Waals surface area contributed by atoms with Crippen LogP contribution >= 0.6 is 0 Å². The van der Waals surface area contributed by atoms with E-state index in [0.29, 0.717) is 31.6 Å². The Morgan fingerprint density at radius 3 is 2.76 bits per heavy atom. The fourth-order valence-electron chi connectivity index (χ4n) is 3.23. The number of hydrogen-bond acceptors (Lipinski definition) is 7. The van der Waals surface area contributed by atoms with Crippen molar-refractivity contribution < 1.29 is 34.1 Å². The Morgan fingerprint density at radius 1 is 1.28 bits per heavy atom. The molecule has 2 rings (SSSR count). The van der Waals surface area contributed by atoms with Crippen LogP contribution in [-0.4, -0.2) is 79.0 Å². The lowest BCUT2D eigenvalue weighted by molar-refractivity contribution is -0.153. The number of benzene rings is 1. The Morgan fingerprint density at radius 2 is 2.07 bits per heavy atom. The van der Waals surface area contributed by atoms with Crippen molar-refractivity contribution >= 4 is 17.8 Å². The van der Waals surface area contributed by atoms with Gasteiger partial charge in [-0.05, 0) is 30.5 Å². The molecule has 0 saturated carbocycles. The number of aliphatic hydroxyl groups excluding tert-OH is 1. The Balaban J connectivity index is 1.89. The number of amides is 2. The van der Waals surface area contributed by atoms with E-state index in [9.17, 15) is 19.5 Å². The average molecular weight is 408 g/mol. The van der Waals surface area contributed by atoms with Crippen LogP contribution in [-0.2, 0) is 30.3 Å². The van der Waals surface area contributed by atoms with Crippen LogP contribution < -0.4 is 5.32 Å². The predicted octanol–water partition coefficient (Wildman–Crippen LogP) is -0.160. The first-order valence-electron chi connectivity index (χ1n) is 9.55. The van der Waals surface area contributed by atoms with E-state index in [4.69, 9.17) is 14.6 Å². The fourth-order valence-corrected chi connectivity index (χ4v) is 3.23. The number of carbonyl (C=O) groups is 3. The SMILES string of the molecule is COC(=O)C1CC(OCCCO)CN(C(=O)CNC(=O)Cc2cccc(O)c2)C1. The first-order valence-corrected chi connectivity index (χ1v) is 9.55. The van der Waals surface area contributed by atoms with Gasteiger partial charge in [-0.25, -0.2) is 0 Å². The summed E-state index contributed by atoms with van der Waals surface area (Å²) in [6, 6.07) is 6.35. The molecule has 2 atom stereocenters. The van der Waals surface area contributed by atoms with E-state index in [1.165, 1.54) is 24.1 Å². The molecule has 0 radical (unpaired) electrons. The quantitative estimate of drug-likeness (QED) is 0.383. The van der Waals surface area contributed by atoms with Crippen LogP contribution in [0.2, 0.25) is 0 Å².